The lowest BCUT2D eigenvalue weighted by Gasteiger charge is -2.18. The zero-order chi connectivity index (χ0) is 15.5. The summed E-state index contributed by atoms with van der Waals surface area (Å²) in [6.45, 7) is 7.59. The van der Waals surface area contributed by atoms with Crippen LogP contribution < -0.4 is 10.2 Å². The van der Waals surface area contributed by atoms with E-state index >= 15 is 0 Å². The Kier molecular flexibility index (Phi) is 5.00. The first kappa shape index (κ1) is 16.0. The van der Waals surface area contributed by atoms with E-state index in [-0.39, 0.29) is 5.54 Å². The fraction of sp³-hybridized carbons (Fsp3) is 0.467. The summed E-state index contributed by atoms with van der Waals surface area (Å²) in [5.74, 6) is 0.598. The van der Waals surface area contributed by atoms with Gasteiger partial charge < -0.3 is 14.6 Å². The molecule has 0 fully saturated rings. The normalized spacial score (nSPS) is 11.7. The first-order valence-corrected chi connectivity index (χ1v) is 7.66. The van der Waals surface area contributed by atoms with Gasteiger partial charge in [-0.2, -0.15) is 0 Å². The number of hydrogen-bond acceptors (Lipinski definition) is 5. The van der Waals surface area contributed by atoms with E-state index in [0.29, 0.717) is 25.0 Å². The number of anilines is 1. The molecule has 1 N–H and O–H groups in total. The SMILES string of the molecule is CN(Cc1cccc(Br)c1)c1nnc(CNC(C)(C)C)o1. The van der Waals surface area contributed by atoms with Crippen molar-refractivity contribution >= 4 is 21.9 Å². The van der Waals surface area contributed by atoms with Gasteiger partial charge >= 0.3 is 6.01 Å². The quantitative estimate of drug-likeness (QED) is 0.893. The van der Waals surface area contributed by atoms with Gasteiger partial charge in [0.2, 0.25) is 5.89 Å². The van der Waals surface area contributed by atoms with Crippen molar-refractivity contribution in [2.24, 2.45) is 0 Å². The third-order valence-electron chi connectivity index (χ3n) is 2.86. The van der Waals surface area contributed by atoms with Crippen LogP contribution in [0, 0.1) is 0 Å². The smallest absolute Gasteiger partial charge is 0.318 e. The molecule has 0 atom stereocenters. The topological polar surface area (TPSA) is 54.2 Å². The molecule has 0 radical (unpaired) electrons. The van der Waals surface area contributed by atoms with Crippen molar-refractivity contribution in [2.45, 2.75) is 39.4 Å². The van der Waals surface area contributed by atoms with Crippen LogP contribution in [0.4, 0.5) is 6.01 Å². The first-order valence-electron chi connectivity index (χ1n) is 6.86. The summed E-state index contributed by atoms with van der Waals surface area (Å²) < 4.78 is 6.74. The predicted molar refractivity (Wildman–Crippen MR) is 87.1 cm³/mol. The van der Waals surface area contributed by atoms with Gasteiger partial charge in [0, 0.05) is 23.6 Å². The molecule has 1 heterocycles. The van der Waals surface area contributed by atoms with Gasteiger partial charge in [-0.15, -0.1) is 5.10 Å². The van der Waals surface area contributed by atoms with E-state index in [9.17, 15) is 0 Å². The second-order valence-electron chi connectivity index (χ2n) is 6.07. The Labute approximate surface area is 133 Å². The van der Waals surface area contributed by atoms with E-state index in [1.165, 1.54) is 5.56 Å². The minimum Gasteiger partial charge on any atom is -0.407 e. The highest BCUT2D eigenvalue weighted by atomic mass is 79.9. The molecule has 0 saturated heterocycles. The van der Waals surface area contributed by atoms with E-state index in [1.807, 2.05) is 24.1 Å². The van der Waals surface area contributed by atoms with Crippen LogP contribution in [0.15, 0.2) is 33.2 Å². The number of aromatic nitrogens is 2. The van der Waals surface area contributed by atoms with Gasteiger partial charge in [-0.05, 0) is 38.5 Å². The van der Waals surface area contributed by atoms with E-state index in [0.717, 1.165) is 4.47 Å². The summed E-state index contributed by atoms with van der Waals surface area (Å²) in [5.41, 5.74) is 1.20. The van der Waals surface area contributed by atoms with E-state index in [1.54, 1.807) is 0 Å². The second kappa shape index (κ2) is 6.58. The largest absolute Gasteiger partial charge is 0.407 e. The van der Waals surface area contributed by atoms with Crippen molar-refractivity contribution < 1.29 is 4.42 Å². The van der Waals surface area contributed by atoms with Crippen molar-refractivity contribution in [3.05, 3.63) is 40.2 Å². The third kappa shape index (κ3) is 5.13. The molecule has 2 aromatic rings. The van der Waals surface area contributed by atoms with Crippen LogP contribution in [0.2, 0.25) is 0 Å². The Morgan fingerprint density at radius 2 is 2.05 bits per heavy atom. The third-order valence-corrected chi connectivity index (χ3v) is 3.35. The van der Waals surface area contributed by atoms with E-state index in [2.05, 4.69) is 64.3 Å². The maximum atomic E-state index is 5.67. The number of rotatable bonds is 5. The fourth-order valence-corrected chi connectivity index (χ4v) is 2.23. The first-order chi connectivity index (χ1) is 9.83. The number of hydrogen-bond donors (Lipinski definition) is 1. The van der Waals surface area contributed by atoms with Gasteiger partial charge in [0.05, 0.1) is 6.54 Å². The zero-order valence-corrected chi connectivity index (χ0v) is 14.4. The second-order valence-corrected chi connectivity index (χ2v) is 6.98. The van der Waals surface area contributed by atoms with Gasteiger partial charge in [-0.1, -0.05) is 33.2 Å². The molecule has 2 rings (SSSR count). The summed E-state index contributed by atoms with van der Waals surface area (Å²) >= 11 is 3.47. The van der Waals surface area contributed by atoms with Gasteiger partial charge in [-0.25, -0.2) is 0 Å². The number of halogens is 1. The molecule has 0 saturated carbocycles. The van der Waals surface area contributed by atoms with Crippen LogP contribution >= 0.6 is 15.9 Å². The molecule has 1 aromatic heterocycles. The Bertz CT molecular complexity index is 591. The van der Waals surface area contributed by atoms with Crippen LogP contribution in [0.3, 0.4) is 0 Å². The van der Waals surface area contributed by atoms with Crippen molar-refractivity contribution in [1.29, 1.82) is 0 Å². The minimum atomic E-state index is 0.0247. The average molecular weight is 353 g/mol. The maximum absolute atomic E-state index is 5.67. The van der Waals surface area contributed by atoms with Crippen LogP contribution in [0.25, 0.3) is 0 Å². The summed E-state index contributed by atoms with van der Waals surface area (Å²) in [7, 11) is 1.94. The lowest BCUT2D eigenvalue weighted by Crippen LogP contribution is -2.35. The predicted octanol–water partition coefficient (Wildman–Crippen LogP) is 3.36. The number of nitrogens with one attached hydrogen (secondary N) is 1. The van der Waals surface area contributed by atoms with Crippen LogP contribution in [-0.4, -0.2) is 22.8 Å². The molecule has 0 bridgehead atoms. The molecular weight excluding hydrogens is 332 g/mol. The molecule has 21 heavy (non-hydrogen) atoms. The Balaban J connectivity index is 1.97. The van der Waals surface area contributed by atoms with Crippen molar-refractivity contribution in [3.63, 3.8) is 0 Å². The standard InChI is InChI=1S/C15H21BrN4O/c1-15(2,3)17-9-13-18-19-14(21-13)20(4)10-11-6-5-7-12(16)8-11/h5-8,17H,9-10H2,1-4H3. The molecule has 0 aliphatic rings. The Hall–Kier alpha value is -1.40. The summed E-state index contributed by atoms with van der Waals surface area (Å²) in [6.07, 6.45) is 0. The number of nitrogens with zero attached hydrogens (tertiary/aromatic N) is 3. The summed E-state index contributed by atoms with van der Waals surface area (Å²) in [5, 5.41) is 11.5. The Morgan fingerprint density at radius 1 is 1.29 bits per heavy atom. The van der Waals surface area contributed by atoms with Crippen molar-refractivity contribution in [2.75, 3.05) is 11.9 Å². The average Bonchev–Trinajstić information content (AvgIpc) is 2.84. The molecule has 0 spiro atoms. The van der Waals surface area contributed by atoms with Crippen LogP contribution in [0.5, 0.6) is 0 Å². The summed E-state index contributed by atoms with van der Waals surface area (Å²) in [6, 6.07) is 8.70. The number of benzene rings is 1. The van der Waals surface area contributed by atoms with Gasteiger partial charge in [0.25, 0.3) is 0 Å². The van der Waals surface area contributed by atoms with Crippen molar-refractivity contribution in [1.82, 2.24) is 15.5 Å². The molecule has 0 amide bonds. The molecule has 6 heteroatoms. The highest BCUT2D eigenvalue weighted by Gasteiger charge is 2.14. The van der Waals surface area contributed by atoms with Crippen molar-refractivity contribution in [3.8, 4) is 0 Å². The fourth-order valence-electron chi connectivity index (χ4n) is 1.79. The summed E-state index contributed by atoms with van der Waals surface area (Å²) in [4.78, 5) is 1.94. The molecule has 0 aliphatic heterocycles. The lowest BCUT2D eigenvalue weighted by molar-refractivity contribution is 0.381. The van der Waals surface area contributed by atoms with E-state index in [4.69, 9.17) is 4.42 Å². The zero-order valence-electron chi connectivity index (χ0n) is 12.9. The Morgan fingerprint density at radius 3 is 2.71 bits per heavy atom. The highest BCUT2D eigenvalue weighted by molar-refractivity contribution is 9.10. The van der Waals surface area contributed by atoms with Crippen LogP contribution in [-0.2, 0) is 13.1 Å². The molecule has 0 unspecified atom stereocenters. The maximum Gasteiger partial charge on any atom is 0.318 e. The molecule has 1 aromatic carbocycles. The molecular formula is C15H21BrN4O. The van der Waals surface area contributed by atoms with Crippen LogP contribution in [0.1, 0.15) is 32.2 Å². The molecule has 5 nitrogen and oxygen atoms in total. The monoisotopic (exact) mass is 352 g/mol. The van der Waals surface area contributed by atoms with E-state index < -0.39 is 0 Å². The van der Waals surface area contributed by atoms with Gasteiger partial charge in [-0.3, -0.25) is 0 Å². The highest BCUT2D eigenvalue weighted by Crippen LogP contribution is 2.17. The van der Waals surface area contributed by atoms with Gasteiger partial charge in [0.1, 0.15) is 0 Å². The molecule has 0 aliphatic carbocycles. The van der Waals surface area contributed by atoms with Gasteiger partial charge in [0.15, 0.2) is 0 Å². The minimum absolute atomic E-state index is 0.0247. The molecule has 114 valence electrons. The lowest BCUT2D eigenvalue weighted by atomic mass is 10.1.